The molecule has 1 fully saturated rings. The van der Waals surface area contributed by atoms with Crippen LogP contribution in [0.5, 0.6) is 0 Å². The van der Waals surface area contributed by atoms with E-state index < -0.39 is 0 Å². The normalized spacial score (nSPS) is 17.6. The third kappa shape index (κ3) is 3.74. The molecular formula is C17H21N3O2. The van der Waals surface area contributed by atoms with Crippen LogP contribution in [0.4, 0.5) is 5.69 Å². The Labute approximate surface area is 130 Å². The molecule has 1 atom stereocenters. The van der Waals surface area contributed by atoms with Gasteiger partial charge < -0.3 is 15.1 Å². The van der Waals surface area contributed by atoms with Gasteiger partial charge in [0.25, 0.3) is 0 Å². The summed E-state index contributed by atoms with van der Waals surface area (Å²) < 4.78 is 5.51. The smallest absolute Gasteiger partial charge is 0.226 e. The van der Waals surface area contributed by atoms with E-state index in [1.54, 1.807) is 6.20 Å². The highest BCUT2D eigenvalue weighted by atomic mass is 16.4. The predicted octanol–water partition coefficient (Wildman–Crippen LogP) is 2.98. The fourth-order valence-corrected chi connectivity index (χ4v) is 2.74. The number of aromatic nitrogens is 1. The molecule has 0 spiro atoms. The monoisotopic (exact) mass is 299 g/mol. The van der Waals surface area contributed by atoms with Crippen molar-refractivity contribution >= 4 is 11.6 Å². The van der Waals surface area contributed by atoms with E-state index in [1.807, 2.05) is 31.2 Å². The van der Waals surface area contributed by atoms with Gasteiger partial charge in [0.15, 0.2) is 0 Å². The van der Waals surface area contributed by atoms with Crippen LogP contribution in [-0.4, -0.2) is 24.0 Å². The van der Waals surface area contributed by atoms with Gasteiger partial charge in [0.2, 0.25) is 11.8 Å². The lowest BCUT2D eigenvalue weighted by atomic mass is 10.0. The Hall–Kier alpha value is -2.14. The lowest BCUT2D eigenvalue weighted by molar-refractivity contribution is -0.116. The summed E-state index contributed by atoms with van der Waals surface area (Å²) in [5.41, 5.74) is 1.65. The molecule has 1 amide bonds. The van der Waals surface area contributed by atoms with Crippen molar-refractivity contribution in [2.24, 2.45) is 5.92 Å². The highest BCUT2D eigenvalue weighted by Crippen LogP contribution is 2.22. The molecule has 2 aromatic rings. The Balaban J connectivity index is 1.58. The number of oxazole rings is 1. The van der Waals surface area contributed by atoms with Crippen molar-refractivity contribution in [3.63, 3.8) is 0 Å². The van der Waals surface area contributed by atoms with Gasteiger partial charge in [-0.3, -0.25) is 4.79 Å². The van der Waals surface area contributed by atoms with Crippen LogP contribution in [0.1, 0.15) is 25.0 Å². The topological polar surface area (TPSA) is 67.2 Å². The van der Waals surface area contributed by atoms with Gasteiger partial charge in [-0.1, -0.05) is 6.07 Å². The summed E-state index contributed by atoms with van der Waals surface area (Å²) in [6.07, 6.45) is 4.37. The maximum Gasteiger partial charge on any atom is 0.226 e. The lowest BCUT2D eigenvalue weighted by Crippen LogP contribution is -2.15. The van der Waals surface area contributed by atoms with E-state index in [0.717, 1.165) is 36.5 Å². The van der Waals surface area contributed by atoms with Gasteiger partial charge in [-0.25, -0.2) is 4.98 Å². The van der Waals surface area contributed by atoms with E-state index in [9.17, 15) is 4.79 Å². The fraction of sp³-hybridized carbons (Fsp3) is 0.412. The maximum atomic E-state index is 12.1. The summed E-state index contributed by atoms with van der Waals surface area (Å²) in [5.74, 6) is 2.04. The quantitative estimate of drug-likeness (QED) is 0.890. The van der Waals surface area contributed by atoms with Crippen LogP contribution in [0.25, 0.3) is 11.5 Å². The lowest BCUT2D eigenvalue weighted by Gasteiger charge is -2.09. The minimum absolute atomic E-state index is 0.0626. The van der Waals surface area contributed by atoms with Crippen molar-refractivity contribution in [3.8, 4) is 11.5 Å². The van der Waals surface area contributed by atoms with Crippen LogP contribution in [0.3, 0.4) is 0 Å². The van der Waals surface area contributed by atoms with E-state index in [-0.39, 0.29) is 5.91 Å². The molecule has 1 saturated heterocycles. The first-order valence-electron chi connectivity index (χ1n) is 7.74. The zero-order valence-electron chi connectivity index (χ0n) is 12.8. The predicted molar refractivity (Wildman–Crippen MR) is 85.5 cm³/mol. The summed E-state index contributed by atoms with van der Waals surface area (Å²) in [5, 5.41) is 6.28. The number of aryl methyl sites for hydroxylation is 1. The Morgan fingerprint density at radius 1 is 1.50 bits per heavy atom. The molecule has 1 unspecified atom stereocenters. The summed E-state index contributed by atoms with van der Waals surface area (Å²) in [6, 6.07) is 7.59. The number of hydrogen-bond acceptors (Lipinski definition) is 4. The van der Waals surface area contributed by atoms with Crippen LogP contribution < -0.4 is 10.6 Å². The van der Waals surface area contributed by atoms with Gasteiger partial charge >= 0.3 is 0 Å². The number of nitrogens with one attached hydrogen (secondary N) is 2. The molecule has 0 saturated carbocycles. The number of amides is 1. The number of anilines is 1. The van der Waals surface area contributed by atoms with Crippen molar-refractivity contribution < 1.29 is 9.21 Å². The van der Waals surface area contributed by atoms with Gasteiger partial charge in [-0.15, -0.1) is 0 Å². The van der Waals surface area contributed by atoms with Crippen LogP contribution in [-0.2, 0) is 4.79 Å². The molecule has 5 heteroatoms. The van der Waals surface area contributed by atoms with Crippen LogP contribution in [0.2, 0.25) is 0 Å². The summed E-state index contributed by atoms with van der Waals surface area (Å²) in [6.45, 7) is 3.97. The molecular weight excluding hydrogens is 278 g/mol. The second-order valence-electron chi connectivity index (χ2n) is 5.80. The second-order valence-corrected chi connectivity index (χ2v) is 5.80. The van der Waals surface area contributed by atoms with Crippen LogP contribution >= 0.6 is 0 Å². The number of nitrogens with zero attached hydrogens (tertiary/aromatic N) is 1. The first kappa shape index (κ1) is 14.8. The van der Waals surface area contributed by atoms with E-state index >= 15 is 0 Å². The molecule has 22 heavy (non-hydrogen) atoms. The molecule has 116 valence electrons. The highest BCUT2D eigenvalue weighted by Gasteiger charge is 2.15. The third-order valence-corrected chi connectivity index (χ3v) is 3.96. The van der Waals surface area contributed by atoms with Crippen molar-refractivity contribution in [2.45, 2.75) is 26.2 Å². The number of rotatable bonds is 5. The summed E-state index contributed by atoms with van der Waals surface area (Å²) >= 11 is 0. The van der Waals surface area contributed by atoms with Crippen molar-refractivity contribution in [3.05, 3.63) is 36.2 Å². The molecule has 1 aliphatic heterocycles. The number of carbonyl (C=O) groups excluding carboxylic acids is 1. The average molecular weight is 299 g/mol. The summed E-state index contributed by atoms with van der Waals surface area (Å²) in [7, 11) is 0. The molecule has 3 rings (SSSR count). The molecule has 1 aromatic carbocycles. The number of benzene rings is 1. The number of hydrogen-bond donors (Lipinski definition) is 2. The van der Waals surface area contributed by atoms with E-state index in [1.165, 1.54) is 6.42 Å². The Bertz CT molecular complexity index is 645. The van der Waals surface area contributed by atoms with Gasteiger partial charge in [-0.05, 0) is 57.0 Å². The van der Waals surface area contributed by atoms with Crippen LogP contribution in [0, 0.1) is 12.8 Å². The van der Waals surface area contributed by atoms with Crippen LogP contribution in [0.15, 0.2) is 34.9 Å². The van der Waals surface area contributed by atoms with Crippen molar-refractivity contribution in [2.75, 3.05) is 18.4 Å². The molecule has 1 aromatic heterocycles. The van der Waals surface area contributed by atoms with Crippen molar-refractivity contribution in [1.29, 1.82) is 0 Å². The Morgan fingerprint density at radius 3 is 3.14 bits per heavy atom. The van der Waals surface area contributed by atoms with Gasteiger partial charge in [-0.2, -0.15) is 0 Å². The minimum atomic E-state index is 0.0626. The molecule has 0 aliphatic carbocycles. The number of carbonyl (C=O) groups is 1. The van der Waals surface area contributed by atoms with E-state index in [4.69, 9.17) is 4.42 Å². The molecule has 0 radical (unpaired) electrons. The molecule has 2 heterocycles. The van der Waals surface area contributed by atoms with Gasteiger partial charge in [0.05, 0.1) is 6.20 Å². The Kier molecular flexibility index (Phi) is 4.53. The largest absolute Gasteiger partial charge is 0.441 e. The van der Waals surface area contributed by atoms with Gasteiger partial charge in [0, 0.05) is 17.7 Å². The third-order valence-electron chi connectivity index (χ3n) is 3.96. The first-order valence-corrected chi connectivity index (χ1v) is 7.74. The molecule has 1 aliphatic rings. The fourth-order valence-electron chi connectivity index (χ4n) is 2.74. The SMILES string of the molecule is Cc1cnc(-c2cccc(NC(=O)CCC3CCNC3)c2)o1. The highest BCUT2D eigenvalue weighted by molar-refractivity contribution is 5.91. The molecule has 5 nitrogen and oxygen atoms in total. The van der Waals surface area contributed by atoms with Gasteiger partial charge in [0.1, 0.15) is 5.76 Å². The zero-order chi connectivity index (χ0) is 15.4. The maximum absolute atomic E-state index is 12.1. The summed E-state index contributed by atoms with van der Waals surface area (Å²) in [4.78, 5) is 16.3. The first-order chi connectivity index (χ1) is 10.7. The Morgan fingerprint density at radius 2 is 2.41 bits per heavy atom. The van der Waals surface area contributed by atoms with E-state index in [0.29, 0.717) is 18.2 Å². The molecule has 2 N–H and O–H groups in total. The second kappa shape index (κ2) is 6.75. The minimum Gasteiger partial charge on any atom is -0.441 e. The molecule has 0 bridgehead atoms. The van der Waals surface area contributed by atoms with E-state index in [2.05, 4.69) is 15.6 Å². The van der Waals surface area contributed by atoms with Crippen molar-refractivity contribution in [1.82, 2.24) is 10.3 Å². The average Bonchev–Trinajstić information content (AvgIpc) is 3.17. The standard InChI is InChI=1S/C17H21N3O2/c1-12-10-19-17(22-12)14-3-2-4-15(9-14)20-16(21)6-5-13-7-8-18-11-13/h2-4,9-10,13,18H,5-8,11H2,1H3,(H,20,21). The zero-order valence-corrected chi connectivity index (χ0v) is 12.8.